The van der Waals surface area contributed by atoms with Gasteiger partial charge < -0.3 is 13.7 Å². The van der Waals surface area contributed by atoms with Crippen LogP contribution < -0.4 is 0 Å². The van der Waals surface area contributed by atoms with Crippen molar-refractivity contribution >= 4 is 18.1 Å². The van der Waals surface area contributed by atoms with Crippen LogP contribution in [0.15, 0.2) is 11.3 Å². The summed E-state index contributed by atoms with van der Waals surface area (Å²) in [5.74, 6) is 0. The highest BCUT2D eigenvalue weighted by atomic mass is 28.4. The average Bonchev–Trinajstić information content (AvgIpc) is 2.20. The third-order valence-corrected chi connectivity index (χ3v) is 11.0. The molecule has 0 saturated heterocycles. The summed E-state index contributed by atoms with van der Waals surface area (Å²) in [6, 6.07) is 2.78. The Labute approximate surface area is 118 Å². The van der Waals surface area contributed by atoms with Crippen LogP contribution in [0.5, 0.6) is 0 Å². The molecule has 0 unspecified atom stereocenters. The van der Waals surface area contributed by atoms with E-state index in [1.165, 1.54) is 24.1 Å². The lowest BCUT2D eigenvalue weighted by molar-refractivity contribution is 0.374. The molecule has 0 aromatic heterocycles. The first-order valence-electron chi connectivity index (χ1n) is 6.90. The van der Waals surface area contributed by atoms with E-state index in [0.29, 0.717) is 0 Å². The van der Waals surface area contributed by atoms with Gasteiger partial charge in [-0.05, 0) is 62.2 Å². The van der Waals surface area contributed by atoms with Crippen molar-refractivity contribution in [1.29, 1.82) is 0 Å². The number of allylic oxidation sites excluding steroid dienone is 1. The highest BCUT2D eigenvalue weighted by Gasteiger charge is 2.41. The minimum Gasteiger partial charge on any atom is -0.305 e. The molecule has 108 valence electrons. The molecular weight excluding hydrogens is 254 g/mol. The van der Waals surface area contributed by atoms with E-state index in [9.17, 15) is 0 Å². The van der Waals surface area contributed by atoms with Crippen molar-refractivity contribution in [3.63, 3.8) is 0 Å². The van der Waals surface area contributed by atoms with E-state index in [1.54, 1.807) is 0 Å². The molecule has 0 radical (unpaired) electrons. The number of rotatable bonds is 8. The molecular formula is C13H33N3Si2. The Morgan fingerprint density at radius 3 is 1.72 bits per heavy atom. The van der Waals surface area contributed by atoms with Crippen LogP contribution in [-0.2, 0) is 0 Å². The predicted molar refractivity (Wildman–Crippen MR) is 89.0 cm³/mol. The topological polar surface area (TPSA) is 9.72 Å². The second-order valence-electron chi connectivity index (χ2n) is 5.98. The molecule has 0 fully saturated rings. The molecule has 0 atom stereocenters. The Kier molecular flexibility index (Phi) is 8.29. The van der Waals surface area contributed by atoms with Gasteiger partial charge in [-0.3, -0.25) is 0 Å². The van der Waals surface area contributed by atoms with E-state index < -0.39 is 8.56 Å². The fourth-order valence-electron chi connectivity index (χ4n) is 2.77. The largest absolute Gasteiger partial charge is 0.305 e. The summed E-state index contributed by atoms with van der Waals surface area (Å²) < 4.78 is 7.40. The molecule has 0 aromatic carbocycles. The van der Waals surface area contributed by atoms with E-state index >= 15 is 0 Å². The van der Waals surface area contributed by atoms with Crippen LogP contribution in [0.4, 0.5) is 0 Å². The van der Waals surface area contributed by atoms with Crippen molar-refractivity contribution in [1.82, 2.24) is 13.7 Å². The second-order valence-corrected chi connectivity index (χ2v) is 12.4. The monoisotopic (exact) mass is 287 g/mol. The van der Waals surface area contributed by atoms with Gasteiger partial charge in [0, 0.05) is 9.52 Å². The number of hydrogen-bond donors (Lipinski definition) is 0. The van der Waals surface area contributed by atoms with Gasteiger partial charge in [0.15, 0.2) is 0 Å². The molecule has 0 aliphatic rings. The standard InChI is InChI=1S/C13H33N3Si2/c1-13(2)12-17-10-9-11-18(14(3)4,15(5)6)16(7)8/h12H,9-11,17H2,1-8H3. The highest BCUT2D eigenvalue weighted by molar-refractivity contribution is 6.71. The summed E-state index contributed by atoms with van der Waals surface area (Å²) in [7, 11) is 11.8. The maximum Gasteiger partial charge on any atom is 0.288 e. The molecule has 0 spiro atoms. The Morgan fingerprint density at radius 2 is 1.39 bits per heavy atom. The second kappa shape index (κ2) is 8.27. The zero-order valence-electron chi connectivity index (χ0n) is 13.7. The first kappa shape index (κ1) is 18.1. The predicted octanol–water partition coefficient (Wildman–Crippen LogP) is 1.51. The van der Waals surface area contributed by atoms with Crippen LogP contribution >= 0.6 is 0 Å². The lowest BCUT2D eigenvalue weighted by Gasteiger charge is -2.46. The van der Waals surface area contributed by atoms with Gasteiger partial charge in [0.1, 0.15) is 0 Å². The Bertz CT molecular complexity index is 237. The van der Waals surface area contributed by atoms with E-state index in [4.69, 9.17) is 0 Å². The van der Waals surface area contributed by atoms with Crippen LogP contribution in [-0.4, -0.2) is 74.1 Å². The first-order chi connectivity index (χ1) is 8.25. The van der Waals surface area contributed by atoms with Gasteiger partial charge in [-0.25, -0.2) is 0 Å². The van der Waals surface area contributed by atoms with Crippen LogP contribution in [0, 0.1) is 0 Å². The molecule has 0 heterocycles. The van der Waals surface area contributed by atoms with Gasteiger partial charge in [0.2, 0.25) is 0 Å². The molecule has 0 N–H and O–H groups in total. The summed E-state index contributed by atoms with van der Waals surface area (Å²) in [5, 5.41) is 0. The molecule has 0 rings (SSSR count). The molecule has 18 heavy (non-hydrogen) atoms. The summed E-state index contributed by atoms with van der Waals surface area (Å²) >= 11 is 0. The van der Waals surface area contributed by atoms with Crippen LogP contribution in [0.2, 0.25) is 12.1 Å². The third kappa shape index (κ3) is 4.97. The van der Waals surface area contributed by atoms with Gasteiger partial charge in [0.25, 0.3) is 8.56 Å². The summed E-state index contributed by atoms with van der Waals surface area (Å²) in [5.41, 5.74) is 3.99. The van der Waals surface area contributed by atoms with Crippen LogP contribution in [0.1, 0.15) is 20.3 Å². The van der Waals surface area contributed by atoms with Gasteiger partial charge in [-0.1, -0.05) is 18.0 Å². The number of nitrogens with zero attached hydrogens (tertiary/aromatic N) is 3. The quantitative estimate of drug-likeness (QED) is 0.495. The van der Waals surface area contributed by atoms with E-state index in [0.717, 1.165) is 0 Å². The van der Waals surface area contributed by atoms with E-state index in [1.807, 2.05) is 0 Å². The summed E-state index contributed by atoms with van der Waals surface area (Å²) in [6.07, 6.45) is 1.37. The fraction of sp³-hybridized carbons (Fsp3) is 0.846. The summed E-state index contributed by atoms with van der Waals surface area (Å²) in [4.78, 5) is 0. The zero-order valence-corrected chi connectivity index (χ0v) is 16.2. The Morgan fingerprint density at radius 1 is 0.944 bits per heavy atom. The van der Waals surface area contributed by atoms with Crippen molar-refractivity contribution in [2.24, 2.45) is 0 Å². The minimum absolute atomic E-state index is 0.0258. The molecule has 0 aliphatic carbocycles. The van der Waals surface area contributed by atoms with Gasteiger partial charge in [0.05, 0.1) is 0 Å². The minimum atomic E-state index is -1.60. The summed E-state index contributed by atoms with van der Waals surface area (Å²) in [6.45, 7) is 4.43. The highest BCUT2D eigenvalue weighted by Crippen LogP contribution is 2.21. The van der Waals surface area contributed by atoms with Gasteiger partial charge in [-0.15, -0.1) is 5.70 Å². The van der Waals surface area contributed by atoms with Crippen molar-refractivity contribution in [3.8, 4) is 0 Å². The number of hydrogen-bond acceptors (Lipinski definition) is 3. The fourth-order valence-corrected chi connectivity index (χ4v) is 9.05. The van der Waals surface area contributed by atoms with Crippen molar-refractivity contribution in [2.75, 3.05) is 42.3 Å². The van der Waals surface area contributed by atoms with Crippen molar-refractivity contribution in [2.45, 2.75) is 32.4 Å². The lowest BCUT2D eigenvalue weighted by Crippen LogP contribution is -2.69. The molecule has 0 aromatic rings. The van der Waals surface area contributed by atoms with Gasteiger partial charge in [-0.2, -0.15) is 0 Å². The van der Waals surface area contributed by atoms with Gasteiger partial charge >= 0.3 is 0 Å². The molecule has 0 bridgehead atoms. The molecule has 5 heteroatoms. The Balaban J connectivity index is 4.48. The van der Waals surface area contributed by atoms with E-state index in [2.05, 4.69) is 75.5 Å². The smallest absolute Gasteiger partial charge is 0.288 e. The van der Waals surface area contributed by atoms with E-state index in [-0.39, 0.29) is 9.52 Å². The molecule has 3 nitrogen and oxygen atoms in total. The maximum absolute atomic E-state index is 2.49. The van der Waals surface area contributed by atoms with Crippen LogP contribution in [0.25, 0.3) is 0 Å². The molecule has 0 amide bonds. The lowest BCUT2D eigenvalue weighted by atomic mass is 10.4. The first-order valence-corrected chi connectivity index (χ1v) is 10.8. The maximum atomic E-state index is 2.49. The molecule has 0 aliphatic heterocycles. The van der Waals surface area contributed by atoms with Crippen molar-refractivity contribution in [3.05, 3.63) is 11.3 Å². The zero-order chi connectivity index (χ0) is 14.3. The van der Waals surface area contributed by atoms with Crippen molar-refractivity contribution < 1.29 is 0 Å². The third-order valence-electron chi connectivity index (χ3n) is 3.67. The SMILES string of the molecule is CC(C)=C[SiH2]CCC[Si](N(C)C)(N(C)C)N(C)C. The normalized spacial score (nSPS) is 13.3. The van der Waals surface area contributed by atoms with Crippen LogP contribution in [0.3, 0.4) is 0 Å². The Hall–Kier alpha value is 0.0538. The average molecular weight is 288 g/mol. The molecule has 0 saturated carbocycles.